The minimum atomic E-state index is -0.0665. The van der Waals surface area contributed by atoms with E-state index in [1.54, 1.807) is 0 Å². The number of carbonyl (C=O) groups excluding carboxylic acids is 1. The molecule has 0 N–H and O–H groups in total. The molecule has 110 valence electrons. The van der Waals surface area contributed by atoms with Crippen molar-refractivity contribution >= 4 is 16.6 Å². The summed E-state index contributed by atoms with van der Waals surface area (Å²) < 4.78 is 5.86. The number of hydrogen-bond acceptors (Lipinski definition) is 3. The first kappa shape index (κ1) is 14.1. The summed E-state index contributed by atoms with van der Waals surface area (Å²) in [6.07, 6.45) is 0. The molecular formula is C18H21NO2. The number of nitrogens with zero attached hydrogens (tertiary/aromatic N) is 1. The minimum Gasteiger partial charge on any atom is -0.492 e. The Kier molecular flexibility index (Phi) is 3.93. The molecule has 21 heavy (non-hydrogen) atoms. The molecule has 1 atom stereocenters. The highest BCUT2D eigenvalue weighted by Crippen LogP contribution is 2.33. The van der Waals surface area contributed by atoms with Crippen molar-refractivity contribution < 1.29 is 9.53 Å². The van der Waals surface area contributed by atoms with Crippen LogP contribution in [0.3, 0.4) is 0 Å². The van der Waals surface area contributed by atoms with Gasteiger partial charge in [-0.25, -0.2) is 0 Å². The molecule has 3 heteroatoms. The third-order valence-electron chi connectivity index (χ3n) is 4.32. The first-order valence-electron chi connectivity index (χ1n) is 7.65. The van der Waals surface area contributed by atoms with E-state index in [0.717, 1.165) is 41.7 Å². The summed E-state index contributed by atoms with van der Waals surface area (Å²) in [6.45, 7) is 7.43. The zero-order valence-corrected chi connectivity index (χ0v) is 12.6. The fraction of sp³-hybridized carbons (Fsp3) is 0.389. The average molecular weight is 283 g/mol. The van der Waals surface area contributed by atoms with Gasteiger partial charge in [-0.3, -0.25) is 4.79 Å². The predicted molar refractivity (Wildman–Crippen MR) is 85.1 cm³/mol. The van der Waals surface area contributed by atoms with Gasteiger partial charge in [0.25, 0.3) is 0 Å². The number of benzene rings is 2. The summed E-state index contributed by atoms with van der Waals surface area (Å²) in [7, 11) is 0. The maximum Gasteiger partial charge on any atom is 0.174 e. The number of carbonyl (C=O) groups is 1. The van der Waals surface area contributed by atoms with Crippen LogP contribution in [0.15, 0.2) is 36.4 Å². The summed E-state index contributed by atoms with van der Waals surface area (Å²) in [6, 6.07) is 12.0. The van der Waals surface area contributed by atoms with Crippen LogP contribution in [-0.2, 0) is 0 Å². The maximum atomic E-state index is 12.9. The number of ketones is 1. The molecular weight excluding hydrogens is 262 g/mol. The summed E-state index contributed by atoms with van der Waals surface area (Å²) >= 11 is 0. The molecule has 1 aliphatic rings. The van der Waals surface area contributed by atoms with Crippen LogP contribution in [0, 0.1) is 5.92 Å². The van der Waals surface area contributed by atoms with Gasteiger partial charge < -0.3 is 9.64 Å². The Bertz CT molecular complexity index is 661. The van der Waals surface area contributed by atoms with Crippen molar-refractivity contribution in [3.63, 3.8) is 0 Å². The molecule has 0 spiro atoms. The molecule has 0 amide bonds. The number of fused-ring (bicyclic) bond motifs is 3. The van der Waals surface area contributed by atoms with Gasteiger partial charge in [0.1, 0.15) is 5.75 Å². The third-order valence-corrected chi connectivity index (χ3v) is 4.32. The van der Waals surface area contributed by atoms with Crippen molar-refractivity contribution in [1.29, 1.82) is 0 Å². The van der Waals surface area contributed by atoms with Crippen molar-refractivity contribution in [2.45, 2.75) is 13.8 Å². The highest BCUT2D eigenvalue weighted by molar-refractivity contribution is 6.12. The van der Waals surface area contributed by atoms with Gasteiger partial charge in [-0.1, -0.05) is 44.2 Å². The fourth-order valence-electron chi connectivity index (χ4n) is 3.03. The molecule has 0 fully saturated rings. The van der Waals surface area contributed by atoms with E-state index in [2.05, 4.69) is 18.7 Å². The Labute approximate surface area is 125 Å². The van der Waals surface area contributed by atoms with E-state index in [1.165, 1.54) is 0 Å². The lowest BCUT2D eigenvalue weighted by Crippen LogP contribution is -2.38. The van der Waals surface area contributed by atoms with Crippen LogP contribution in [0.25, 0.3) is 10.8 Å². The quantitative estimate of drug-likeness (QED) is 0.861. The van der Waals surface area contributed by atoms with Gasteiger partial charge in [-0.05, 0) is 29.9 Å². The highest BCUT2D eigenvalue weighted by atomic mass is 16.5. The number of hydrogen-bond donors (Lipinski definition) is 0. The summed E-state index contributed by atoms with van der Waals surface area (Å²) in [5.74, 6) is 0.887. The molecule has 0 saturated heterocycles. The van der Waals surface area contributed by atoms with Gasteiger partial charge in [0.2, 0.25) is 0 Å². The van der Waals surface area contributed by atoms with Gasteiger partial charge in [0, 0.05) is 6.54 Å². The Balaban J connectivity index is 1.98. The van der Waals surface area contributed by atoms with Gasteiger partial charge in [-0.2, -0.15) is 0 Å². The fourth-order valence-corrected chi connectivity index (χ4v) is 3.03. The first-order valence-corrected chi connectivity index (χ1v) is 7.65. The Morgan fingerprint density at radius 1 is 1.14 bits per heavy atom. The van der Waals surface area contributed by atoms with Crippen LogP contribution < -0.4 is 4.74 Å². The van der Waals surface area contributed by atoms with Gasteiger partial charge in [-0.15, -0.1) is 0 Å². The molecule has 1 unspecified atom stereocenters. The first-order chi connectivity index (χ1) is 10.2. The Morgan fingerprint density at radius 3 is 2.67 bits per heavy atom. The smallest absolute Gasteiger partial charge is 0.174 e. The average Bonchev–Trinajstić information content (AvgIpc) is 2.54. The summed E-state index contributed by atoms with van der Waals surface area (Å²) in [5.41, 5.74) is 0.761. The van der Waals surface area contributed by atoms with Crippen LogP contribution in [0.2, 0.25) is 0 Å². The summed E-state index contributed by atoms with van der Waals surface area (Å²) in [5, 5.41) is 2.10. The van der Waals surface area contributed by atoms with Crippen LogP contribution in [-0.4, -0.2) is 36.9 Å². The van der Waals surface area contributed by atoms with Crippen LogP contribution in [0.1, 0.15) is 24.2 Å². The number of ether oxygens (including phenoxy) is 1. The molecule has 0 bridgehead atoms. The van der Waals surface area contributed by atoms with Crippen molar-refractivity contribution in [3.05, 3.63) is 42.0 Å². The maximum absolute atomic E-state index is 12.9. The van der Waals surface area contributed by atoms with E-state index in [0.29, 0.717) is 6.61 Å². The van der Waals surface area contributed by atoms with E-state index in [9.17, 15) is 4.79 Å². The molecule has 0 saturated carbocycles. The Morgan fingerprint density at radius 2 is 1.90 bits per heavy atom. The van der Waals surface area contributed by atoms with E-state index in [4.69, 9.17) is 4.74 Å². The Hall–Kier alpha value is -1.87. The van der Waals surface area contributed by atoms with E-state index < -0.39 is 0 Å². The van der Waals surface area contributed by atoms with Gasteiger partial charge in [0.15, 0.2) is 5.78 Å². The van der Waals surface area contributed by atoms with Crippen LogP contribution in [0.5, 0.6) is 5.75 Å². The molecule has 1 aliphatic heterocycles. The molecule has 0 aliphatic carbocycles. The SMILES string of the molecule is CCN(CC)CC1COc2ccc3ccccc3c2C1=O. The lowest BCUT2D eigenvalue weighted by atomic mass is 9.90. The second-order valence-electron chi connectivity index (χ2n) is 5.52. The molecule has 3 nitrogen and oxygen atoms in total. The molecule has 0 aromatic heterocycles. The standard InChI is InChI=1S/C18H21NO2/c1-3-19(4-2)11-14-12-21-16-10-9-13-7-5-6-8-15(13)17(16)18(14)20/h5-10,14H,3-4,11-12H2,1-2H3. The van der Waals surface area contributed by atoms with E-state index in [-0.39, 0.29) is 11.7 Å². The van der Waals surface area contributed by atoms with Crippen LogP contribution in [0.4, 0.5) is 0 Å². The van der Waals surface area contributed by atoms with Crippen molar-refractivity contribution in [3.8, 4) is 5.75 Å². The largest absolute Gasteiger partial charge is 0.492 e. The molecule has 3 rings (SSSR count). The molecule has 1 heterocycles. The second kappa shape index (κ2) is 5.86. The molecule has 2 aromatic carbocycles. The number of rotatable bonds is 4. The highest BCUT2D eigenvalue weighted by Gasteiger charge is 2.31. The topological polar surface area (TPSA) is 29.5 Å². The van der Waals surface area contributed by atoms with E-state index in [1.807, 2.05) is 36.4 Å². The summed E-state index contributed by atoms with van der Waals surface area (Å²) in [4.78, 5) is 15.2. The van der Waals surface area contributed by atoms with Gasteiger partial charge in [0.05, 0.1) is 18.1 Å². The normalized spacial score (nSPS) is 17.9. The molecule has 2 aromatic rings. The number of Topliss-reactive ketones (excluding diaryl/α,β-unsaturated/α-hetero) is 1. The lowest BCUT2D eigenvalue weighted by molar-refractivity contribution is 0.0778. The van der Waals surface area contributed by atoms with Crippen molar-refractivity contribution in [2.24, 2.45) is 5.92 Å². The van der Waals surface area contributed by atoms with E-state index >= 15 is 0 Å². The predicted octanol–water partition coefficient (Wildman–Crippen LogP) is 3.37. The molecule has 0 radical (unpaired) electrons. The zero-order valence-electron chi connectivity index (χ0n) is 12.6. The third kappa shape index (κ3) is 2.54. The van der Waals surface area contributed by atoms with Crippen LogP contribution >= 0.6 is 0 Å². The van der Waals surface area contributed by atoms with Gasteiger partial charge >= 0.3 is 0 Å². The van der Waals surface area contributed by atoms with Crippen molar-refractivity contribution in [1.82, 2.24) is 4.90 Å². The van der Waals surface area contributed by atoms with Crippen molar-refractivity contribution in [2.75, 3.05) is 26.2 Å². The zero-order chi connectivity index (χ0) is 14.8. The monoisotopic (exact) mass is 283 g/mol. The lowest BCUT2D eigenvalue weighted by Gasteiger charge is -2.29. The minimum absolute atomic E-state index is 0.0665. The second-order valence-corrected chi connectivity index (χ2v) is 5.52.